The van der Waals surface area contributed by atoms with Gasteiger partial charge >= 0.3 is 6.18 Å². The lowest BCUT2D eigenvalue weighted by molar-refractivity contribution is -0.137. The Bertz CT molecular complexity index is 354. The molecule has 1 rings (SSSR count). The molecule has 4 heteroatoms. The van der Waals surface area contributed by atoms with E-state index in [1.165, 1.54) is 0 Å². The average Bonchev–Trinajstić information content (AvgIpc) is 2.28. The van der Waals surface area contributed by atoms with Crippen LogP contribution in [0.5, 0.6) is 0 Å². The van der Waals surface area contributed by atoms with Gasteiger partial charge in [-0.3, -0.25) is 0 Å². The van der Waals surface area contributed by atoms with Crippen LogP contribution in [0.1, 0.15) is 29.9 Å². The summed E-state index contributed by atoms with van der Waals surface area (Å²) in [6.07, 6.45) is -0.804. The zero-order valence-corrected chi connectivity index (χ0v) is 10.9. The van der Waals surface area contributed by atoms with Gasteiger partial charge in [0, 0.05) is 5.33 Å². The summed E-state index contributed by atoms with van der Waals surface area (Å²) in [6, 6.07) is 5.39. The molecule has 1 aromatic rings. The third-order valence-corrected chi connectivity index (χ3v) is 3.08. The van der Waals surface area contributed by atoms with Crippen LogP contribution in [-0.4, -0.2) is 5.33 Å². The van der Waals surface area contributed by atoms with Crippen molar-refractivity contribution < 1.29 is 13.2 Å². The minimum Gasteiger partial charge on any atom is -0.166 e. The van der Waals surface area contributed by atoms with Crippen LogP contribution in [0.4, 0.5) is 13.2 Å². The highest BCUT2D eigenvalue weighted by Crippen LogP contribution is 2.31. The lowest BCUT2D eigenvalue weighted by Crippen LogP contribution is -2.05. The molecule has 0 aromatic heterocycles. The topological polar surface area (TPSA) is 0 Å². The summed E-state index contributed by atoms with van der Waals surface area (Å²) >= 11 is 3.35. The highest BCUT2D eigenvalue weighted by Gasteiger charge is 2.30. The summed E-state index contributed by atoms with van der Waals surface area (Å²) in [4.78, 5) is 0. The van der Waals surface area contributed by atoms with E-state index in [0.29, 0.717) is 0 Å². The van der Waals surface area contributed by atoms with Crippen LogP contribution >= 0.6 is 15.9 Å². The van der Waals surface area contributed by atoms with E-state index in [1.807, 2.05) is 0 Å². The SMILES string of the molecule is C=CCC(CCBr)c1ccc(C(F)(F)F)cc1. The fourth-order valence-electron chi connectivity index (χ4n) is 1.70. The monoisotopic (exact) mass is 306 g/mol. The number of rotatable bonds is 5. The van der Waals surface area contributed by atoms with Crippen LogP contribution in [0, 0.1) is 0 Å². The van der Waals surface area contributed by atoms with Crippen LogP contribution in [-0.2, 0) is 6.18 Å². The lowest BCUT2D eigenvalue weighted by Gasteiger charge is -2.15. The Morgan fingerprint density at radius 2 is 1.82 bits per heavy atom. The molecule has 0 nitrogen and oxygen atoms in total. The van der Waals surface area contributed by atoms with Crippen molar-refractivity contribution in [3.05, 3.63) is 48.0 Å². The Morgan fingerprint density at radius 1 is 1.24 bits per heavy atom. The quantitative estimate of drug-likeness (QED) is 0.521. The minimum absolute atomic E-state index is 0.231. The second-order valence-electron chi connectivity index (χ2n) is 3.82. The van der Waals surface area contributed by atoms with Gasteiger partial charge in [0.1, 0.15) is 0 Å². The van der Waals surface area contributed by atoms with Crippen LogP contribution < -0.4 is 0 Å². The summed E-state index contributed by atoms with van der Waals surface area (Å²) < 4.78 is 37.2. The van der Waals surface area contributed by atoms with Crippen LogP contribution in [0.25, 0.3) is 0 Å². The van der Waals surface area contributed by atoms with E-state index in [9.17, 15) is 13.2 Å². The largest absolute Gasteiger partial charge is 0.416 e. The van der Waals surface area contributed by atoms with Crippen molar-refractivity contribution in [1.82, 2.24) is 0 Å². The molecule has 0 heterocycles. The van der Waals surface area contributed by atoms with Crippen molar-refractivity contribution >= 4 is 15.9 Å². The van der Waals surface area contributed by atoms with Gasteiger partial charge in [0.15, 0.2) is 0 Å². The summed E-state index contributed by atoms with van der Waals surface area (Å²) in [5, 5.41) is 0.826. The van der Waals surface area contributed by atoms with Gasteiger partial charge in [0.2, 0.25) is 0 Å². The zero-order valence-electron chi connectivity index (χ0n) is 9.30. The molecule has 0 aliphatic rings. The van der Waals surface area contributed by atoms with Crippen LogP contribution in [0.3, 0.4) is 0 Å². The summed E-state index contributed by atoms with van der Waals surface area (Å²) in [5.41, 5.74) is 0.329. The standard InChI is InChI=1S/C13H14BrF3/c1-2-3-10(8-9-14)11-4-6-12(7-5-11)13(15,16)17/h2,4-7,10H,1,3,8-9H2. The molecule has 0 aliphatic heterocycles. The number of hydrogen-bond donors (Lipinski definition) is 0. The van der Waals surface area contributed by atoms with E-state index in [1.54, 1.807) is 18.2 Å². The van der Waals surface area contributed by atoms with E-state index < -0.39 is 11.7 Å². The molecule has 0 fully saturated rings. The van der Waals surface area contributed by atoms with Gasteiger partial charge in [-0.1, -0.05) is 34.1 Å². The number of halogens is 4. The number of allylic oxidation sites excluding steroid dienone is 1. The molecule has 0 spiro atoms. The predicted octanol–water partition coefficient (Wildman–Crippen LogP) is 5.15. The number of benzene rings is 1. The van der Waals surface area contributed by atoms with E-state index >= 15 is 0 Å². The third-order valence-electron chi connectivity index (χ3n) is 2.62. The van der Waals surface area contributed by atoms with Crippen molar-refractivity contribution in [2.24, 2.45) is 0 Å². The zero-order chi connectivity index (χ0) is 12.9. The van der Waals surface area contributed by atoms with Crippen molar-refractivity contribution in [2.45, 2.75) is 24.9 Å². The summed E-state index contributed by atoms with van der Waals surface area (Å²) in [7, 11) is 0. The van der Waals surface area contributed by atoms with E-state index in [-0.39, 0.29) is 5.92 Å². The maximum absolute atomic E-state index is 12.4. The fraction of sp³-hybridized carbons (Fsp3) is 0.385. The molecule has 1 unspecified atom stereocenters. The Balaban J connectivity index is 2.87. The van der Waals surface area contributed by atoms with Crippen LogP contribution in [0.15, 0.2) is 36.9 Å². The van der Waals surface area contributed by atoms with Gasteiger partial charge in [-0.2, -0.15) is 13.2 Å². The van der Waals surface area contributed by atoms with Gasteiger partial charge in [-0.05, 0) is 36.5 Å². The van der Waals surface area contributed by atoms with Crippen molar-refractivity contribution in [1.29, 1.82) is 0 Å². The second kappa shape index (κ2) is 6.24. The van der Waals surface area contributed by atoms with Crippen molar-refractivity contribution in [2.75, 3.05) is 5.33 Å². The van der Waals surface area contributed by atoms with E-state index in [2.05, 4.69) is 22.5 Å². The molecule has 17 heavy (non-hydrogen) atoms. The van der Waals surface area contributed by atoms with E-state index in [0.717, 1.165) is 35.9 Å². The molecule has 0 radical (unpaired) electrons. The fourth-order valence-corrected chi connectivity index (χ4v) is 2.25. The Hall–Kier alpha value is -0.770. The van der Waals surface area contributed by atoms with Crippen molar-refractivity contribution in [3.8, 4) is 0 Å². The molecule has 94 valence electrons. The molecule has 0 saturated heterocycles. The van der Waals surface area contributed by atoms with Gasteiger partial charge < -0.3 is 0 Å². The molecule has 1 atom stereocenters. The molecule has 0 bridgehead atoms. The molecule has 0 saturated carbocycles. The van der Waals surface area contributed by atoms with Gasteiger partial charge in [0.25, 0.3) is 0 Å². The van der Waals surface area contributed by atoms with Crippen LogP contribution in [0.2, 0.25) is 0 Å². The highest BCUT2D eigenvalue weighted by atomic mass is 79.9. The Kier molecular flexibility index (Phi) is 5.25. The Morgan fingerprint density at radius 3 is 2.24 bits per heavy atom. The van der Waals surface area contributed by atoms with Gasteiger partial charge in [0.05, 0.1) is 5.56 Å². The van der Waals surface area contributed by atoms with Gasteiger partial charge in [-0.15, -0.1) is 6.58 Å². The molecular weight excluding hydrogens is 293 g/mol. The molecular formula is C13H14BrF3. The molecule has 1 aromatic carbocycles. The summed E-state index contributed by atoms with van der Waals surface area (Å²) in [6.45, 7) is 3.67. The molecule has 0 aliphatic carbocycles. The first kappa shape index (κ1) is 14.3. The first-order valence-electron chi connectivity index (χ1n) is 5.33. The smallest absolute Gasteiger partial charge is 0.166 e. The first-order valence-corrected chi connectivity index (χ1v) is 6.45. The maximum atomic E-state index is 12.4. The first-order chi connectivity index (χ1) is 7.99. The summed E-state index contributed by atoms with van der Waals surface area (Å²) in [5.74, 6) is 0.231. The van der Waals surface area contributed by atoms with Gasteiger partial charge in [-0.25, -0.2) is 0 Å². The number of alkyl halides is 4. The Labute approximate surface area is 108 Å². The normalized spacial score (nSPS) is 13.4. The second-order valence-corrected chi connectivity index (χ2v) is 4.61. The molecule has 0 amide bonds. The third kappa shape index (κ3) is 4.19. The number of hydrogen-bond acceptors (Lipinski definition) is 0. The van der Waals surface area contributed by atoms with E-state index in [4.69, 9.17) is 0 Å². The predicted molar refractivity (Wildman–Crippen MR) is 67.4 cm³/mol. The maximum Gasteiger partial charge on any atom is 0.416 e. The van der Waals surface area contributed by atoms with Crippen molar-refractivity contribution in [3.63, 3.8) is 0 Å². The lowest BCUT2D eigenvalue weighted by atomic mass is 9.92. The minimum atomic E-state index is -4.26. The molecule has 0 N–H and O–H groups in total. The highest BCUT2D eigenvalue weighted by molar-refractivity contribution is 9.09. The average molecular weight is 307 g/mol.